The molecule has 1 aliphatic rings. The summed E-state index contributed by atoms with van der Waals surface area (Å²) in [6, 6.07) is 6.34. The zero-order valence-electron chi connectivity index (χ0n) is 13.7. The Morgan fingerprint density at radius 1 is 1.24 bits per heavy atom. The van der Waals surface area contributed by atoms with Gasteiger partial charge in [-0.1, -0.05) is 32.4 Å². The van der Waals surface area contributed by atoms with Gasteiger partial charge in [0.1, 0.15) is 0 Å². The molecule has 1 fully saturated rings. The highest BCUT2D eigenvalue weighted by atomic mass is 35.5. The predicted molar refractivity (Wildman–Crippen MR) is 93.3 cm³/mol. The molecule has 0 bridgehead atoms. The van der Waals surface area contributed by atoms with Crippen molar-refractivity contribution in [3.63, 3.8) is 0 Å². The van der Waals surface area contributed by atoms with E-state index in [1.54, 1.807) is 0 Å². The van der Waals surface area contributed by atoms with Crippen molar-refractivity contribution < 1.29 is 0 Å². The highest BCUT2D eigenvalue weighted by molar-refractivity contribution is 6.30. The lowest BCUT2D eigenvalue weighted by Gasteiger charge is -2.27. The Hall–Kier alpha value is -0.730. The second-order valence-corrected chi connectivity index (χ2v) is 7.39. The molecule has 2 nitrogen and oxygen atoms in total. The maximum Gasteiger partial charge on any atom is 0.0412 e. The van der Waals surface area contributed by atoms with Gasteiger partial charge >= 0.3 is 0 Å². The number of hydrogen-bond donors (Lipinski definition) is 1. The van der Waals surface area contributed by atoms with E-state index in [1.807, 2.05) is 6.07 Å². The van der Waals surface area contributed by atoms with Crippen molar-refractivity contribution in [3.05, 3.63) is 28.8 Å². The number of halogens is 1. The Kier molecular flexibility index (Phi) is 5.95. The van der Waals surface area contributed by atoms with E-state index in [1.165, 1.54) is 30.5 Å². The number of rotatable bonds is 5. The number of nitrogens with one attached hydrogen (secondary N) is 1. The van der Waals surface area contributed by atoms with Crippen LogP contribution in [0.15, 0.2) is 18.2 Å². The third-order valence-corrected chi connectivity index (χ3v) is 4.70. The van der Waals surface area contributed by atoms with Gasteiger partial charge in [0.15, 0.2) is 0 Å². The molecule has 1 aliphatic heterocycles. The quantitative estimate of drug-likeness (QED) is 0.782. The van der Waals surface area contributed by atoms with Gasteiger partial charge in [-0.3, -0.25) is 0 Å². The van der Waals surface area contributed by atoms with Crippen LogP contribution in [0.3, 0.4) is 0 Å². The first kappa shape index (κ1) is 16.6. The molecular formula is C18H29ClN2. The molecule has 1 saturated heterocycles. The Labute approximate surface area is 134 Å². The summed E-state index contributed by atoms with van der Waals surface area (Å²) in [5.74, 6) is 0. The van der Waals surface area contributed by atoms with E-state index in [-0.39, 0.29) is 0 Å². The second kappa shape index (κ2) is 7.51. The van der Waals surface area contributed by atoms with Crippen molar-refractivity contribution in [2.45, 2.75) is 53.0 Å². The minimum absolute atomic E-state index is 0.474. The second-order valence-electron chi connectivity index (χ2n) is 6.95. The summed E-state index contributed by atoms with van der Waals surface area (Å²) in [6.07, 6.45) is 5.02. The van der Waals surface area contributed by atoms with Gasteiger partial charge in [0.2, 0.25) is 0 Å². The zero-order chi connectivity index (χ0) is 15.3. The average Bonchev–Trinajstić information content (AvgIpc) is 2.60. The van der Waals surface area contributed by atoms with Crippen LogP contribution < -0.4 is 10.2 Å². The van der Waals surface area contributed by atoms with Crippen molar-refractivity contribution in [1.82, 2.24) is 5.32 Å². The molecule has 0 aliphatic carbocycles. The molecule has 118 valence electrons. The van der Waals surface area contributed by atoms with Crippen LogP contribution in [0.1, 0.15) is 52.0 Å². The molecule has 1 aromatic carbocycles. The van der Waals surface area contributed by atoms with Crippen LogP contribution in [0, 0.1) is 5.41 Å². The first-order chi connectivity index (χ1) is 10.0. The third-order valence-electron chi connectivity index (χ3n) is 4.46. The van der Waals surface area contributed by atoms with Crippen LogP contribution in [0.2, 0.25) is 5.02 Å². The molecule has 0 spiro atoms. The van der Waals surface area contributed by atoms with Crippen molar-refractivity contribution in [2.24, 2.45) is 5.41 Å². The number of hydrogen-bond acceptors (Lipinski definition) is 2. The monoisotopic (exact) mass is 308 g/mol. The Morgan fingerprint density at radius 2 is 2.05 bits per heavy atom. The van der Waals surface area contributed by atoms with Crippen LogP contribution >= 0.6 is 11.6 Å². The van der Waals surface area contributed by atoms with Crippen LogP contribution in [-0.4, -0.2) is 19.6 Å². The molecule has 3 heteroatoms. The lowest BCUT2D eigenvalue weighted by molar-refractivity contribution is 0.325. The van der Waals surface area contributed by atoms with Gasteiger partial charge in [-0.2, -0.15) is 0 Å². The number of benzene rings is 1. The van der Waals surface area contributed by atoms with E-state index in [2.05, 4.69) is 43.1 Å². The summed E-state index contributed by atoms with van der Waals surface area (Å²) in [7, 11) is 0. The lowest BCUT2D eigenvalue weighted by atomic mass is 9.85. The summed E-state index contributed by atoms with van der Waals surface area (Å²) >= 11 is 6.20. The van der Waals surface area contributed by atoms with Gasteiger partial charge < -0.3 is 10.2 Å². The van der Waals surface area contributed by atoms with Crippen LogP contribution in [0.5, 0.6) is 0 Å². The fraction of sp³-hybridized carbons (Fsp3) is 0.667. The highest BCUT2D eigenvalue weighted by Gasteiger charge is 2.24. The first-order valence-corrected chi connectivity index (χ1v) is 8.64. The van der Waals surface area contributed by atoms with Crippen molar-refractivity contribution in [1.29, 1.82) is 0 Å². The molecule has 1 aromatic rings. The minimum Gasteiger partial charge on any atom is -0.371 e. The predicted octanol–water partition coefficient (Wildman–Crippen LogP) is 4.86. The van der Waals surface area contributed by atoms with E-state index in [9.17, 15) is 0 Å². The molecule has 1 N–H and O–H groups in total. The topological polar surface area (TPSA) is 15.3 Å². The van der Waals surface area contributed by atoms with Gasteiger partial charge in [-0.05, 0) is 61.4 Å². The van der Waals surface area contributed by atoms with Crippen molar-refractivity contribution >= 4 is 17.3 Å². The summed E-state index contributed by atoms with van der Waals surface area (Å²) in [4.78, 5) is 2.55. The molecule has 0 amide bonds. The van der Waals surface area contributed by atoms with Gasteiger partial charge in [0, 0.05) is 30.3 Å². The molecule has 21 heavy (non-hydrogen) atoms. The highest BCUT2D eigenvalue weighted by Crippen LogP contribution is 2.33. The maximum absolute atomic E-state index is 6.20. The van der Waals surface area contributed by atoms with E-state index < -0.39 is 0 Å². The normalized spacial score (nSPS) is 18.6. The largest absolute Gasteiger partial charge is 0.371 e. The molecule has 0 atom stereocenters. The van der Waals surface area contributed by atoms with E-state index in [0.717, 1.165) is 37.6 Å². The Bertz CT molecular complexity index is 457. The lowest BCUT2D eigenvalue weighted by Crippen LogP contribution is -2.27. The van der Waals surface area contributed by atoms with Gasteiger partial charge in [0.25, 0.3) is 0 Å². The van der Waals surface area contributed by atoms with Crippen molar-refractivity contribution in [2.75, 3.05) is 24.5 Å². The van der Waals surface area contributed by atoms with Crippen LogP contribution in [0.4, 0.5) is 5.69 Å². The van der Waals surface area contributed by atoms with Gasteiger partial charge in [-0.25, -0.2) is 0 Å². The number of anilines is 1. The van der Waals surface area contributed by atoms with E-state index in [0.29, 0.717) is 5.41 Å². The summed E-state index contributed by atoms with van der Waals surface area (Å²) < 4.78 is 0. The first-order valence-electron chi connectivity index (χ1n) is 8.26. The van der Waals surface area contributed by atoms with Gasteiger partial charge in [0.05, 0.1) is 0 Å². The molecule has 0 radical (unpaired) electrons. The molecule has 0 unspecified atom stereocenters. The summed E-state index contributed by atoms with van der Waals surface area (Å²) in [6.45, 7) is 11.2. The smallest absolute Gasteiger partial charge is 0.0412 e. The maximum atomic E-state index is 6.20. The summed E-state index contributed by atoms with van der Waals surface area (Å²) in [5, 5.41) is 4.34. The van der Waals surface area contributed by atoms with Gasteiger partial charge in [-0.15, -0.1) is 0 Å². The zero-order valence-corrected chi connectivity index (χ0v) is 14.5. The Balaban J connectivity index is 2.13. The third kappa shape index (κ3) is 4.89. The van der Waals surface area contributed by atoms with E-state index in [4.69, 9.17) is 11.6 Å². The van der Waals surface area contributed by atoms with Crippen molar-refractivity contribution in [3.8, 4) is 0 Å². The fourth-order valence-corrected chi connectivity index (χ4v) is 3.26. The van der Waals surface area contributed by atoms with Crippen LogP contribution in [-0.2, 0) is 6.54 Å². The average molecular weight is 309 g/mol. The Morgan fingerprint density at radius 3 is 2.81 bits per heavy atom. The standard InChI is InChI=1S/C18H29ClN2/c1-4-10-20-14-15-13-16(19)6-7-17(15)21-11-5-8-18(2,3)9-12-21/h6-7,13,20H,4-5,8-12,14H2,1-3H3. The SMILES string of the molecule is CCCNCc1cc(Cl)ccc1N1CCCC(C)(C)CC1. The van der Waals surface area contributed by atoms with Crippen LogP contribution in [0.25, 0.3) is 0 Å². The molecule has 1 heterocycles. The minimum atomic E-state index is 0.474. The molecule has 2 rings (SSSR count). The summed E-state index contributed by atoms with van der Waals surface area (Å²) in [5.41, 5.74) is 3.17. The fourth-order valence-electron chi connectivity index (χ4n) is 3.07. The molecule has 0 saturated carbocycles. The number of nitrogens with zero attached hydrogens (tertiary/aromatic N) is 1. The van der Waals surface area contributed by atoms with E-state index >= 15 is 0 Å². The molecule has 0 aromatic heterocycles. The molecular weight excluding hydrogens is 280 g/mol.